The van der Waals surface area contributed by atoms with Crippen LogP contribution in [0.3, 0.4) is 0 Å². The van der Waals surface area contributed by atoms with E-state index in [4.69, 9.17) is 11.6 Å². The summed E-state index contributed by atoms with van der Waals surface area (Å²) in [7, 11) is 0. The van der Waals surface area contributed by atoms with Crippen LogP contribution in [0.4, 0.5) is 4.79 Å². The Hall–Kier alpha value is -1.82. The van der Waals surface area contributed by atoms with Gasteiger partial charge in [-0.3, -0.25) is 4.90 Å². The van der Waals surface area contributed by atoms with Crippen LogP contribution in [0.15, 0.2) is 6.07 Å². The summed E-state index contributed by atoms with van der Waals surface area (Å²) in [5.74, 6) is -1.20. The van der Waals surface area contributed by atoms with Crippen molar-refractivity contribution in [2.24, 2.45) is 0 Å². The quantitative estimate of drug-likeness (QED) is 0.774. The molecule has 2 N–H and O–H groups in total. The number of amides is 1. The molecule has 2 heterocycles. The summed E-state index contributed by atoms with van der Waals surface area (Å²) in [5.41, 5.74) is 0.284. The van der Waals surface area contributed by atoms with Crippen LogP contribution < -0.4 is 0 Å². The summed E-state index contributed by atoms with van der Waals surface area (Å²) >= 11 is 6.23. The molecule has 0 radical (unpaired) electrons. The fraction of sp³-hybridized carbons (Fsp3) is 0.533. The summed E-state index contributed by atoms with van der Waals surface area (Å²) in [6.07, 6.45) is -1.27. The van der Waals surface area contributed by atoms with Crippen molar-refractivity contribution in [2.75, 3.05) is 0 Å². The summed E-state index contributed by atoms with van der Waals surface area (Å²) in [4.78, 5) is 28.3. The molecule has 6 nitrogen and oxygen atoms in total. The minimum atomic E-state index is -1.54. The average Bonchev–Trinajstić information content (AvgIpc) is 2.35. The number of rotatable bonds is 1. The molecule has 0 aliphatic carbocycles. The second-order valence-corrected chi connectivity index (χ2v) is 7.17. The van der Waals surface area contributed by atoms with Gasteiger partial charge < -0.3 is 10.2 Å². The summed E-state index contributed by atoms with van der Waals surface area (Å²) in [5, 5.41) is 19.1. The van der Waals surface area contributed by atoms with Gasteiger partial charge in [0.25, 0.3) is 0 Å². The standard InChI is InChI=1S/C15H19ClN2O4/c1-14(2,3)9-5-8-7-18(13(21)22)15(4,12(19)20)6-10(8)17-11(9)16/h5H,6-7H2,1-4H3,(H,19,20)(H,21,22). The van der Waals surface area contributed by atoms with Crippen molar-refractivity contribution < 1.29 is 19.8 Å². The maximum absolute atomic E-state index is 11.5. The number of fused-ring (bicyclic) bond motifs is 1. The van der Waals surface area contributed by atoms with E-state index in [9.17, 15) is 19.8 Å². The van der Waals surface area contributed by atoms with Crippen molar-refractivity contribution in [2.45, 2.75) is 51.6 Å². The predicted octanol–water partition coefficient (Wildman–Crippen LogP) is 2.91. The number of nitrogens with zero attached hydrogens (tertiary/aromatic N) is 2. The van der Waals surface area contributed by atoms with Gasteiger partial charge in [0.15, 0.2) is 0 Å². The number of hydrogen-bond acceptors (Lipinski definition) is 3. The lowest BCUT2D eigenvalue weighted by Gasteiger charge is -2.40. The van der Waals surface area contributed by atoms with Crippen molar-refractivity contribution in [3.63, 3.8) is 0 Å². The molecule has 0 saturated heterocycles. The van der Waals surface area contributed by atoms with E-state index in [2.05, 4.69) is 4.98 Å². The van der Waals surface area contributed by atoms with Crippen molar-refractivity contribution in [3.8, 4) is 0 Å². The molecule has 2 rings (SSSR count). The number of halogens is 1. The Balaban J connectivity index is 2.58. The van der Waals surface area contributed by atoms with E-state index in [0.717, 1.165) is 10.5 Å². The molecule has 22 heavy (non-hydrogen) atoms. The molecule has 120 valence electrons. The van der Waals surface area contributed by atoms with E-state index < -0.39 is 17.6 Å². The number of carboxylic acid groups (broad SMARTS) is 2. The molecule has 0 aromatic carbocycles. The molecule has 0 bridgehead atoms. The maximum Gasteiger partial charge on any atom is 0.408 e. The molecule has 1 aliphatic heterocycles. The second-order valence-electron chi connectivity index (χ2n) is 6.81. The molecule has 0 saturated carbocycles. The van der Waals surface area contributed by atoms with Gasteiger partial charge in [-0.15, -0.1) is 0 Å². The second kappa shape index (κ2) is 5.12. The minimum absolute atomic E-state index is 0.00584. The van der Waals surface area contributed by atoms with Gasteiger partial charge in [0, 0.05) is 6.42 Å². The summed E-state index contributed by atoms with van der Waals surface area (Å²) < 4.78 is 0. The number of aliphatic carboxylic acids is 1. The molecular weight excluding hydrogens is 308 g/mol. The highest BCUT2D eigenvalue weighted by Crippen LogP contribution is 2.36. The molecule has 0 fully saturated rings. The molecule has 1 aromatic rings. The SMILES string of the molecule is CC(C)(C)c1cc2c(nc1Cl)CC(C)(C(=O)O)N(C(=O)O)C2. The normalized spacial score (nSPS) is 21.4. The number of aromatic nitrogens is 1. The lowest BCUT2D eigenvalue weighted by molar-refractivity contribution is -0.150. The maximum atomic E-state index is 11.5. The Morgan fingerprint density at radius 1 is 1.36 bits per heavy atom. The minimum Gasteiger partial charge on any atom is -0.479 e. The van der Waals surface area contributed by atoms with E-state index in [1.807, 2.05) is 26.8 Å². The third-order valence-electron chi connectivity index (χ3n) is 4.08. The molecule has 0 spiro atoms. The van der Waals surface area contributed by atoms with Crippen molar-refractivity contribution in [3.05, 3.63) is 28.0 Å². The van der Waals surface area contributed by atoms with Crippen LogP contribution in [0.1, 0.15) is 44.5 Å². The largest absolute Gasteiger partial charge is 0.479 e. The van der Waals surface area contributed by atoms with Gasteiger partial charge in [-0.05, 0) is 29.5 Å². The van der Waals surface area contributed by atoms with Crippen LogP contribution in [-0.2, 0) is 23.2 Å². The van der Waals surface area contributed by atoms with Crippen molar-refractivity contribution in [1.29, 1.82) is 0 Å². The molecule has 1 amide bonds. The summed E-state index contributed by atoms with van der Waals surface area (Å²) in [6, 6.07) is 1.84. The first-order valence-corrected chi connectivity index (χ1v) is 7.27. The van der Waals surface area contributed by atoms with Crippen molar-refractivity contribution >= 4 is 23.7 Å². The van der Waals surface area contributed by atoms with Gasteiger partial charge in [-0.1, -0.05) is 32.4 Å². The Morgan fingerprint density at radius 2 is 1.95 bits per heavy atom. The first kappa shape index (κ1) is 16.5. The Bertz CT molecular complexity index is 654. The molecule has 7 heteroatoms. The van der Waals surface area contributed by atoms with E-state index in [0.29, 0.717) is 16.4 Å². The molecule has 1 aromatic heterocycles. The van der Waals surface area contributed by atoms with Gasteiger partial charge >= 0.3 is 12.1 Å². The average molecular weight is 327 g/mol. The monoisotopic (exact) mass is 326 g/mol. The van der Waals surface area contributed by atoms with E-state index in [-0.39, 0.29) is 18.4 Å². The molecule has 1 atom stereocenters. The highest BCUT2D eigenvalue weighted by molar-refractivity contribution is 6.30. The van der Waals surface area contributed by atoms with Gasteiger partial charge in [-0.2, -0.15) is 0 Å². The smallest absolute Gasteiger partial charge is 0.408 e. The summed E-state index contributed by atoms with van der Waals surface area (Å²) in [6.45, 7) is 7.34. The van der Waals surface area contributed by atoms with Crippen LogP contribution >= 0.6 is 11.6 Å². The number of carbonyl (C=O) groups is 2. The van der Waals surface area contributed by atoms with E-state index in [1.165, 1.54) is 6.92 Å². The van der Waals surface area contributed by atoms with Crippen LogP contribution in [0.25, 0.3) is 0 Å². The Kier molecular flexibility index (Phi) is 3.85. The fourth-order valence-electron chi connectivity index (χ4n) is 2.62. The molecular formula is C15H19ClN2O4. The molecule has 1 unspecified atom stereocenters. The Morgan fingerprint density at radius 3 is 2.41 bits per heavy atom. The first-order valence-electron chi connectivity index (χ1n) is 6.89. The van der Waals surface area contributed by atoms with Crippen LogP contribution in [0, 0.1) is 0 Å². The number of hydrogen-bond donors (Lipinski definition) is 2. The van der Waals surface area contributed by atoms with Gasteiger partial charge in [0.1, 0.15) is 10.7 Å². The van der Waals surface area contributed by atoms with E-state index >= 15 is 0 Å². The van der Waals surface area contributed by atoms with Crippen molar-refractivity contribution in [1.82, 2.24) is 9.88 Å². The number of pyridine rings is 1. The third kappa shape index (κ3) is 2.63. The van der Waals surface area contributed by atoms with Gasteiger partial charge in [-0.25, -0.2) is 14.6 Å². The zero-order valence-electron chi connectivity index (χ0n) is 13.0. The van der Waals surface area contributed by atoms with Gasteiger partial charge in [0.05, 0.1) is 12.2 Å². The highest BCUT2D eigenvalue weighted by atomic mass is 35.5. The van der Waals surface area contributed by atoms with Gasteiger partial charge in [0.2, 0.25) is 0 Å². The predicted molar refractivity (Wildman–Crippen MR) is 81.3 cm³/mol. The fourth-order valence-corrected chi connectivity index (χ4v) is 3.06. The molecule has 1 aliphatic rings. The first-order chi connectivity index (χ1) is 9.96. The third-order valence-corrected chi connectivity index (χ3v) is 4.37. The zero-order valence-corrected chi connectivity index (χ0v) is 13.7. The van der Waals surface area contributed by atoms with Crippen LogP contribution in [-0.4, -0.2) is 37.7 Å². The van der Waals surface area contributed by atoms with Crippen LogP contribution in [0.5, 0.6) is 0 Å². The van der Waals surface area contributed by atoms with E-state index in [1.54, 1.807) is 0 Å². The zero-order chi connectivity index (χ0) is 16.9. The highest BCUT2D eigenvalue weighted by Gasteiger charge is 2.47. The lowest BCUT2D eigenvalue weighted by atomic mass is 9.83. The lowest BCUT2D eigenvalue weighted by Crippen LogP contribution is -2.58. The number of carboxylic acids is 1. The van der Waals surface area contributed by atoms with Crippen LogP contribution in [0.2, 0.25) is 5.15 Å². The Labute approximate surface area is 133 Å². The topological polar surface area (TPSA) is 90.7 Å².